The molecule has 1 fully saturated rings. The Bertz CT molecular complexity index is 648. The first-order valence-electron chi connectivity index (χ1n) is 7.33. The number of benzene rings is 1. The number of rotatable bonds is 5. The summed E-state index contributed by atoms with van der Waals surface area (Å²) in [7, 11) is -3.35. The van der Waals surface area contributed by atoms with Crippen molar-refractivity contribution in [2.24, 2.45) is 0 Å². The number of amides is 1. The quantitative estimate of drug-likeness (QED) is 0.822. The number of sulfonamides is 1. The molecule has 0 radical (unpaired) electrons. The largest absolute Gasteiger partial charge is 0.337 e. The van der Waals surface area contributed by atoms with Gasteiger partial charge >= 0.3 is 0 Å². The smallest absolute Gasteiger partial charge is 0.241 e. The minimum atomic E-state index is -3.35. The Morgan fingerprint density at radius 3 is 2.77 bits per heavy atom. The molecular weight excluding hydrogens is 324 g/mol. The van der Waals surface area contributed by atoms with E-state index in [1.807, 2.05) is 25.1 Å². The molecule has 1 amide bonds. The van der Waals surface area contributed by atoms with Crippen molar-refractivity contribution >= 4 is 27.5 Å². The molecule has 22 heavy (non-hydrogen) atoms. The average molecular weight is 345 g/mol. The summed E-state index contributed by atoms with van der Waals surface area (Å²) in [6, 6.07) is 6.78. The molecule has 0 spiro atoms. The van der Waals surface area contributed by atoms with Gasteiger partial charge in [-0.25, -0.2) is 8.42 Å². The molecule has 1 aromatic rings. The summed E-state index contributed by atoms with van der Waals surface area (Å²) in [4.78, 5) is 14.4. The van der Waals surface area contributed by atoms with E-state index in [0.717, 1.165) is 18.2 Å². The van der Waals surface area contributed by atoms with Crippen LogP contribution >= 0.6 is 11.6 Å². The zero-order chi connectivity index (χ0) is 16.3. The van der Waals surface area contributed by atoms with Gasteiger partial charge in [0.1, 0.15) is 6.04 Å². The van der Waals surface area contributed by atoms with Crippen molar-refractivity contribution in [3.05, 3.63) is 34.9 Å². The first kappa shape index (κ1) is 17.2. The molecular formula is C15H21ClN2O3S. The third-order valence-electron chi connectivity index (χ3n) is 3.87. The van der Waals surface area contributed by atoms with Gasteiger partial charge in [0.15, 0.2) is 0 Å². The lowest BCUT2D eigenvalue weighted by molar-refractivity contribution is -0.135. The monoisotopic (exact) mass is 344 g/mol. The average Bonchev–Trinajstić information content (AvgIpc) is 2.93. The lowest BCUT2D eigenvalue weighted by atomic mass is 10.1. The number of halogens is 1. The highest BCUT2D eigenvalue weighted by Crippen LogP contribution is 2.23. The maximum atomic E-state index is 12.7. The molecule has 0 aliphatic carbocycles. The number of hydrogen-bond acceptors (Lipinski definition) is 3. The Balaban J connectivity index is 2.15. The lowest BCUT2D eigenvalue weighted by Crippen LogP contribution is -2.47. The van der Waals surface area contributed by atoms with E-state index in [9.17, 15) is 13.2 Å². The van der Waals surface area contributed by atoms with Crippen LogP contribution in [0.25, 0.3) is 0 Å². The summed E-state index contributed by atoms with van der Waals surface area (Å²) in [6.07, 6.45) is 2.46. The van der Waals surface area contributed by atoms with Gasteiger partial charge in [-0.05, 0) is 37.5 Å². The Morgan fingerprint density at radius 2 is 2.18 bits per heavy atom. The van der Waals surface area contributed by atoms with Gasteiger partial charge in [-0.1, -0.05) is 23.7 Å². The van der Waals surface area contributed by atoms with E-state index < -0.39 is 16.1 Å². The predicted octanol–water partition coefficient (Wildman–Crippen LogP) is 2.11. The zero-order valence-corrected chi connectivity index (χ0v) is 14.4. The highest BCUT2D eigenvalue weighted by atomic mass is 35.5. The fraction of sp³-hybridized carbons (Fsp3) is 0.533. The van der Waals surface area contributed by atoms with Crippen LogP contribution in [0.15, 0.2) is 24.3 Å². The highest BCUT2D eigenvalue weighted by Gasteiger charge is 2.38. The summed E-state index contributed by atoms with van der Waals surface area (Å²) in [6.45, 7) is 3.27. The second-order valence-corrected chi connectivity index (χ2v) is 7.89. The maximum absolute atomic E-state index is 12.7. The molecule has 122 valence electrons. The molecule has 1 aromatic carbocycles. The molecule has 0 aromatic heterocycles. The van der Waals surface area contributed by atoms with Gasteiger partial charge < -0.3 is 4.90 Å². The van der Waals surface area contributed by atoms with Gasteiger partial charge in [0.2, 0.25) is 15.9 Å². The summed E-state index contributed by atoms with van der Waals surface area (Å²) in [5, 5.41) is 0.625. The number of carbonyl (C=O) groups excluding carboxylic acids is 1. The van der Waals surface area contributed by atoms with Crippen molar-refractivity contribution in [1.29, 1.82) is 0 Å². The molecule has 7 heteroatoms. The number of likely N-dealkylation sites (N-methyl/N-ethyl adjacent to an activating group) is 1. The van der Waals surface area contributed by atoms with Crippen LogP contribution in [0.1, 0.15) is 25.3 Å². The number of hydrogen-bond donors (Lipinski definition) is 0. The van der Waals surface area contributed by atoms with Crippen molar-refractivity contribution in [2.75, 3.05) is 19.3 Å². The summed E-state index contributed by atoms with van der Waals surface area (Å²) < 4.78 is 24.9. The van der Waals surface area contributed by atoms with E-state index in [2.05, 4.69) is 0 Å². The van der Waals surface area contributed by atoms with Gasteiger partial charge in [0, 0.05) is 24.7 Å². The lowest BCUT2D eigenvalue weighted by Gasteiger charge is -2.28. The van der Waals surface area contributed by atoms with Crippen molar-refractivity contribution in [3.8, 4) is 0 Å². The minimum absolute atomic E-state index is 0.134. The van der Waals surface area contributed by atoms with Crippen LogP contribution < -0.4 is 0 Å². The second-order valence-electron chi connectivity index (χ2n) is 5.51. The van der Waals surface area contributed by atoms with Gasteiger partial charge in [-0.2, -0.15) is 4.31 Å². The van der Waals surface area contributed by atoms with Crippen LogP contribution in [0, 0.1) is 0 Å². The van der Waals surface area contributed by atoms with Gasteiger partial charge in [-0.3, -0.25) is 4.79 Å². The molecule has 1 aliphatic heterocycles. The van der Waals surface area contributed by atoms with E-state index in [1.54, 1.807) is 11.0 Å². The van der Waals surface area contributed by atoms with Gasteiger partial charge in [0.25, 0.3) is 0 Å². The second kappa shape index (κ2) is 6.98. The molecule has 1 saturated heterocycles. The SMILES string of the molecule is CCN(Cc1cccc(Cl)c1)C(=O)C1CCCN1S(C)(=O)=O. The third-order valence-corrected chi connectivity index (χ3v) is 5.39. The molecule has 1 unspecified atom stereocenters. The van der Waals surface area contributed by atoms with Crippen LogP contribution in [0.3, 0.4) is 0 Å². The maximum Gasteiger partial charge on any atom is 0.241 e. The third kappa shape index (κ3) is 4.00. The number of nitrogens with zero attached hydrogens (tertiary/aromatic N) is 2. The Kier molecular flexibility index (Phi) is 5.47. The minimum Gasteiger partial charge on any atom is -0.337 e. The van der Waals surface area contributed by atoms with Crippen LogP contribution in [0.5, 0.6) is 0 Å². The molecule has 1 heterocycles. The van der Waals surface area contributed by atoms with Crippen molar-refractivity contribution in [1.82, 2.24) is 9.21 Å². The summed E-state index contributed by atoms with van der Waals surface area (Å²) in [5.74, 6) is -0.134. The topological polar surface area (TPSA) is 57.7 Å². The van der Waals surface area contributed by atoms with Gasteiger partial charge in [-0.15, -0.1) is 0 Å². The normalized spacial score (nSPS) is 19.3. The Labute approximate surface area is 136 Å². The van der Waals surface area contributed by atoms with E-state index in [-0.39, 0.29) is 5.91 Å². The fourth-order valence-corrected chi connectivity index (χ4v) is 4.13. The standard InChI is InChI=1S/C15H21ClN2O3S/c1-3-17(11-12-6-4-7-13(16)10-12)15(19)14-8-5-9-18(14)22(2,20)21/h4,6-7,10,14H,3,5,8-9,11H2,1-2H3. The molecule has 1 atom stereocenters. The van der Waals surface area contributed by atoms with Crippen LogP contribution in [0.2, 0.25) is 5.02 Å². The molecule has 1 aliphatic rings. The van der Waals surface area contributed by atoms with E-state index >= 15 is 0 Å². The van der Waals surface area contributed by atoms with Crippen LogP contribution in [0.4, 0.5) is 0 Å². The highest BCUT2D eigenvalue weighted by molar-refractivity contribution is 7.88. The molecule has 0 bridgehead atoms. The van der Waals surface area contributed by atoms with Crippen molar-refractivity contribution in [2.45, 2.75) is 32.4 Å². The van der Waals surface area contributed by atoms with E-state index in [0.29, 0.717) is 31.1 Å². The first-order valence-corrected chi connectivity index (χ1v) is 9.55. The fourth-order valence-electron chi connectivity index (χ4n) is 2.80. The van der Waals surface area contributed by atoms with Gasteiger partial charge in [0.05, 0.1) is 6.26 Å². The van der Waals surface area contributed by atoms with E-state index in [4.69, 9.17) is 11.6 Å². The van der Waals surface area contributed by atoms with Crippen molar-refractivity contribution < 1.29 is 13.2 Å². The van der Waals surface area contributed by atoms with Crippen LogP contribution in [-0.4, -0.2) is 48.9 Å². The molecule has 0 N–H and O–H groups in total. The molecule has 0 saturated carbocycles. The van der Waals surface area contributed by atoms with Crippen LogP contribution in [-0.2, 0) is 21.4 Å². The van der Waals surface area contributed by atoms with Crippen molar-refractivity contribution in [3.63, 3.8) is 0 Å². The predicted molar refractivity (Wildman–Crippen MR) is 87.1 cm³/mol. The Morgan fingerprint density at radius 1 is 1.45 bits per heavy atom. The first-order chi connectivity index (χ1) is 10.3. The zero-order valence-electron chi connectivity index (χ0n) is 12.8. The Hall–Kier alpha value is -1.11. The summed E-state index contributed by atoms with van der Waals surface area (Å²) >= 11 is 5.97. The number of carbonyl (C=O) groups is 1. The summed E-state index contributed by atoms with van der Waals surface area (Å²) in [5.41, 5.74) is 0.937. The molecule has 2 rings (SSSR count). The molecule has 5 nitrogen and oxygen atoms in total. The van der Waals surface area contributed by atoms with E-state index in [1.165, 1.54) is 4.31 Å².